The van der Waals surface area contributed by atoms with E-state index in [2.05, 4.69) is 49.3 Å². The number of pyridine rings is 1. The average Bonchev–Trinajstić information content (AvgIpc) is 3.08. The van der Waals surface area contributed by atoms with Crippen molar-refractivity contribution in [2.45, 2.75) is 20.3 Å². The van der Waals surface area contributed by atoms with Crippen LogP contribution in [0.15, 0.2) is 60.9 Å². The van der Waals surface area contributed by atoms with Crippen LogP contribution in [0.1, 0.15) is 22.3 Å². The number of fused-ring (bicyclic) bond motifs is 1. The van der Waals surface area contributed by atoms with Gasteiger partial charge in [0.2, 0.25) is 0 Å². The molecule has 1 aliphatic rings. The van der Waals surface area contributed by atoms with Crippen LogP contribution < -0.4 is 10.1 Å². The zero-order chi connectivity index (χ0) is 25.1. The van der Waals surface area contributed by atoms with Crippen LogP contribution in [0.4, 0.5) is 11.6 Å². The molecule has 36 heavy (non-hydrogen) atoms. The fraction of sp³-hybridized carbons (Fsp3) is 0.179. The molecule has 182 valence electrons. The van der Waals surface area contributed by atoms with E-state index in [1.807, 2.05) is 36.7 Å². The second-order valence-electron chi connectivity index (χ2n) is 8.48. The molecule has 0 unspecified atom stereocenters. The molecule has 0 amide bonds. The van der Waals surface area contributed by atoms with Crippen LogP contribution in [0.3, 0.4) is 0 Å². The summed E-state index contributed by atoms with van der Waals surface area (Å²) in [4.78, 5) is 16.3. The Morgan fingerprint density at radius 2 is 1.72 bits per heavy atom. The number of hydrogen-bond donors (Lipinski definition) is 1. The summed E-state index contributed by atoms with van der Waals surface area (Å²) < 4.78 is 11.5. The van der Waals surface area contributed by atoms with Crippen LogP contribution in [0.25, 0.3) is 11.1 Å². The van der Waals surface area contributed by atoms with Gasteiger partial charge in [-0.25, -0.2) is 0 Å². The van der Waals surface area contributed by atoms with Crippen molar-refractivity contribution in [2.24, 2.45) is 0 Å². The molecule has 0 saturated heterocycles. The third-order valence-electron chi connectivity index (χ3n) is 5.79. The Labute approximate surface area is 228 Å². The maximum atomic E-state index is 9.09. The molecule has 1 aliphatic heterocycles. The van der Waals surface area contributed by atoms with Gasteiger partial charge >= 0.3 is 225 Å². The van der Waals surface area contributed by atoms with Gasteiger partial charge < -0.3 is 0 Å². The number of nitrogens with zero attached hydrogens (tertiary/aromatic N) is 4. The molecule has 0 fully saturated rings. The molecule has 0 radical (unpaired) electrons. The number of nitrogens with one attached hydrogen (secondary N) is 1. The van der Waals surface area contributed by atoms with Crippen LogP contribution in [0, 0.1) is 28.9 Å². The Morgan fingerprint density at radius 1 is 1.00 bits per heavy atom. The van der Waals surface area contributed by atoms with E-state index in [4.69, 9.17) is 20.0 Å². The summed E-state index contributed by atoms with van der Waals surface area (Å²) in [6.45, 7) is 4.17. The molecular weight excluding hydrogens is 676 g/mol. The SMILES string of the molecule is Cc1cc(-c2ccncc2)cc(C)c1Oc1nc(Nc2ccc(C#N)cc2)nc2c1CCI(C)C=I2. The third kappa shape index (κ3) is 5.57. The van der Waals surface area contributed by atoms with Gasteiger partial charge in [-0.15, -0.1) is 0 Å². The van der Waals surface area contributed by atoms with Crippen molar-refractivity contribution in [1.82, 2.24) is 15.0 Å². The number of aromatic nitrogens is 3. The monoisotopic (exact) mass is 701 g/mol. The van der Waals surface area contributed by atoms with Gasteiger partial charge in [-0.3, -0.25) is 4.98 Å². The Hall–Kier alpha value is -2.91. The van der Waals surface area contributed by atoms with E-state index in [9.17, 15) is 0 Å². The molecule has 4 aromatic rings. The van der Waals surface area contributed by atoms with E-state index in [1.165, 1.54) is 4.43 Å². The zero-order valence-electron chi connectivity index (χ0n) is 20.2. The molecule has 6 nitrogen and oxygen atoms in total. The summed E-state index contributed by atoms with van der Waals surface area (Å²) in [6, 6.07) is 17.8. The molecular formula is C28H25I2N5O. The van der Waals surface area contributed by atoms with Crippen molar-refractivity contribution in [2.75, 3.05) is 14.7 Å². The number of benzene rings is 2. The third-order valence-corrected chi connectivity index (χ3v) is 17.5. The Morgan fingerprint density at radius 3 is 2.42 bits per heavy atom. The topological polar surface area (TPSA) is 83.7 Å². The van der Waals surface area contributed by atoms with Crippen LogP contribution in [-0.2, 0) is 6.42 Å². The molecule has 0 saturated carbocycles. The Kier molecular flexibility index (Phi) is 7.57. The molecule has 8 heteroatoms. The predicted octanol–water partition coefficient (Wildman–Crippen LogP) is 7.16. The summed E-state index contributed by atoms with van der Waals surface area (Å²) >= 11 is -1.31. The van der Waals surface area contributed by atoms with Gasteiger partial charge in [-0.1, -0.05) is 0 Å². The van der Waals surface area contributed by atoms with E-state index in [0.717, 1.165) is 49.4 Å². The first-order chi connectivity index (χ1) is 17.5. The van der Waals surface area contributed by atoms with Crippen molar-refractivity contribution in [3.05, 3.63) is 86.9 Å². The van der Waals surface area contributed by atoms with Crippen molar-refractivity contribution in [1.29, 1.82) is 5.26 Å². The number of alkyl halides is 2. The van der Waals surface area contributed by atoms with Gasteiger partial charge in [0.05, 0.1) is 0 Å². The fourth-order valence-corrected chi connectivity index (χ4v) is 13.2. The van der Waals surface area contributed by atoms with Crippen LogP contribution >= 0.6 is 40.6 Å². The molecule has 2 aromatic carbocycles. The first-order valence-corrected chi connectivity index (χ1v) is 18.6. The van der Waals surface area contributed by atoms with Gasteiger partial charge in [0.1, 0.15) is 0 Å². The number of anilines is 2. The van der Waals surface area contributed by atoms with Crippen molar-refractivity contribution in [3.8, 4) is 28.8 Å². The number of ether oxygens (including phenoxy) is 1. The van der Waals surface area contributed by atoms with E-state index in [0.29, 0.717) is 17.4 Å². The van der Waals surface area contributed by atoms with Gasteiger partial charge in [0, 0.05) is 0 Å². The van der Waals surface area contributed by atoms with Gasteiger partial charge in [-0.2, -0.15) is 0 Å². The number of rotatable bonds is 5. The van der Waals surface area contributed by atoms with Gasteiger partial charge in [0.25, 0.3) is 0 Å². The van der Waals surface area contributed by atoms with Crippen LogP contribution in [0.5, 0.6) is 11.6 Å². The average molecular weight is 701 g/mol. The quantitative estimate of drug-likeness (QED) is 0.135. The molecule has 0 atom stereocenters. The van der Waals surface area contributed by atoms with Gasteiger partial charge in [0.15, 0.2) is 0 Å². The van der Waals surface area contributed by atoms with Crippen LogP contribution in [0.2, 0.25) is 0 Å². The van der Waals surface area contributed by atoms with E-state index >= 15 is 0 Å². The summed E-state index contributed by atoms with van der Waals surface area (Å²) in [5.74, 6) is 2.03. The fourth-order valence-electron chi connectivity index (χ4n) is 3.95. The zero-order valence-corrected chi connectivity index (χ0v) is 24.5. The minimum absolute atomic E-state index is 0.294. The Balaban J connectivity index is 1.53. The molecule has 0 spiro atoms. The molecule has 3 heterocycles. The van der Waals surface area contributed by atoms with Crippen molar-refractivity contribution in [3.63, 3.8) is 0 Å². The minimum atomic E-state index is -1.02. The molecule has 5 rings (SSSR count). The second kappa shape index (κ2) is 11.0. The number of halogens is 2. The van der Waals surface area contributed by atoms with Crippen molar-refractivity contribution < 1.29 is 4.74 Å². The summed E-state index contributed by atoms with van der Waals surface area (Å²) in [5.41, 5.74) is 7.02. The number of nitriles is 1. The molecule has 2 aromatic heterocycles. The molecule has 1 N–H and O–H groups in total. The first-order valence-electron chi connectivity index (χ1n) is 11.4. The van der Waals surface area contributed by atoms with E-state index < -0.39 is 19.8 Å². The second-order valence-corrected chi connectivity index (χ2v) is 18.5. The summed E-state index contributed by atoms with van der Waals surface area (Å²) in [7, 11) is 0. The summed E-state index contributed by atoms with van der Waals surface area (Å²) in [6.07, 6.45) is 4.59. The van der Waals surface area contributed by atoms with Gasteiger partial charge in [-0.05, 0) is 0 Å². The Bertz CT molecular complexity index is 1460. The standard InChI is InChI=1S/C28H25I2N5O/c1-18-14-22(21-9-12-32-13-10-21)15-19(2)25(18)36-27-24-8-11-30(3)17-29-26(24)34-28(35-27)33-23-6-4-20(16-31)5-7-23/h4-7,9-10,12-15,17H,8,11H2,1-3H3,(H,33,34,35). The van der Waals surface area contributed by atoms with E-state index in [1.54, 1.807) is 12.1 Å². The van der Waals surface area contributed by atoms with Crippen molar-refractivity contribution >= 4 is 54.2 Å². The molecule has 0 aliphatic carbocycles. The first kappa shape index (κ1) is 24.8. The predicted molar refractivity (Wildman–Crippen MR) is 163 cm³/mol. The summed E-state index contributed by atoms with van der Waals surface area (Å²) in [5, 5.41) is 12.4. The van der Waals surface area contributed by atoms with E-state index in [-0.39, 0.29) is 20.7 Å². The number of hydrogen-bond acceptors (Lipinski definition) is 6. The molecule has 0 bridgehead atoms. The normalized spacial score (nSPS) is 13.7. The maximum absolute atomic E-state index is 9.09. The van der Waals surface area contributed by atoms with Crippen LogP contribution in [-0.4, -0.2) is 26.3 Å². The number of aryl methyl sites for hydroxylation is 2.